The summed E-state index contributed by atoms with van der Waals surface area (Å²) >= 11 is 0. The van der Waals surface area contributed by atoms with Gasteiger partial charge in [-0.25, -0.2) is 4.39 Å². The van der Waals surface area contributed by atoms with Gasteiger partial charge in [0.25, 0.3) is 0 Å². The Labute approximate surface area is 118 Å². The van der Waals surface area contributed by atoms with Gasteiger partial charge in [0.15, 0.2) is 0 Å². The van der Waals surface area contributed by atoms with Crippen molar-refractivity contribution in [2.24, 2.45) is 7.05 Å². The molecule has 3 nitrogen and oxygen atoms in total. The van der Waals surface area contributed by atoms with Crippen LogP contribution < -0.4 is 5.32 Å². The number of halogens is 1. The Morgan fingerprint density at radius 3 is 2.60 bits per heavy atom. The lowest BCUT2D eigenvalue weighted by Gasteiger charge is -2.05. The molecule has 0 atom stereocenters. The molecule has 20 heavy (non-hydrogen) atoms. The third-order valence-corrected chi connectivity index (χ3v) is 3.57. The van der Waals surface area contributed by atoms with Crippen LogP contribution in [0, 0.1) is 24.1 Å². The van der Waals surface area contributed by atoms with Gasteiger partial charge in [-0.3, -0.25) is 0 Å². The molecule has 0 aliphatic carbocycles. The highest BCUT2D eigenvalue weighted by Gasteiger charge is 2.07. The predicted molar refractivity (Wildman–Crippen MR) is 76.7 cm³/mol. The molecule has 0 amide bonds. The van der Waals surface area contributed by atoms with E-state index in [1.54, 1.807) is 12.1 Å². The van der Waals surface area contributed by atoms with Gasteiger partial charge in [0.2, 0.25) is 0 Å². The van der Waals surface area contributed by atoms with E-state index in [4.69, 9.17) is 5.26 Å². The maximum Gasteiger partial charge on any atom is 0.123 e. The van der Waals surface area contributed by atoms with Crippen LogP contribution in [0.4, 0.5) is 4.39 Å². The molecule has 1 heterocycles. The Morgan fingerprint density at radius 2 is 2.00 bits per heavy atom. The molecule has 0 unspecified atom stereocenters. The standard InChI is InChI=1S/C16H18FN3/c1-12-14(9-16(10-18)20(12)2)11-19-8-7-13-3-5-15(17)6-4-13/h3-6,9,19H,7-8,11H2,1-2H3. The summed E-state index contributed by atoms with van der Waals surface area (Å²) in [6.07, 6.45) is 0.858. The number of rotatable bonds is 5. The molecule has 0 radical (unpaired) electrons. The number of benzene rings is 1. The summed E-state index contributed by atoms with van der Waals surface area (Å²) in [5.74, 6) is -0.203. The molecule has 4 heteroatoms. The molecule has 0 aliphatic heterocycles. The quantitative estimate of drug-likeness (QED) is 0.849. The summed E-state index contributed by atoms with van der Waals surface area (Å²) < 4.78 is 14.7. The van der Waals surface area contributed by atoms with Gasteiger partial charge < -0.3 is 9.88 Å². The predicted octanol–water partition coefficient (Wildman–Crippen LogP) is 2.68. The number of aromatic nitrogens is 1. The van der Waals surface area contributed by atoms with Crippen LogP contribution in [0.3, 0.4) is 0 Å². The summed E-state index contributed by atoms with van der Waals surface area (Å²) in [4.78, 5) is 0. The molecule has 104 valence electrons. The van der Waals surface area contributed by atoms with Crippen molar-refractivity contribution < 1.29 is 4.39 Å². The minimum absolute atomic E-state index is 0.203. The highest BCUT2D eigenvalue weighted by atomic mass is 19.1. The van der Waals surface area contributed by atoms with Crippen molar-refractivity contribution in [2.45, 2.75) is 19.9 Å². The largest absolute Gasteiger partial charge is 0.340 e. The molecule has 0 aliphatic rings. The summed E-state index contributed by atoms with van der Waals surface area (Å²) in [7, 11) is 1.90. The fourth-order valence-corrected chi connectivity index (χ4v) is 2.16. The van der Waals surface area contributed by atoms with Crippen molar-refractivity contribution >= 4 is 0 Å². The van der Waals surface area contributed by atoms with Gasteiger partial charge in [-0.1, -0.05) is 12.1 Å². The molecule has 0 saturated heterocycles. The zero-order valence-corrected chi connectivity index (χ0v) is 11.8. The molecule has 2 rings (SSSR count). The average molecular weight is 271 g/mol. The summed E-state index contributed by atoms with van der Waals surface area (Å²) in [5.41, 5.74) is 4.04. The second kappa shape index (κ2) is 6.36. The van der Waals surface area contributed by atoms with Crippen LogP contribution in [0.5, 0.6) is 0 Å². The monoisotopic (exact) mass is 271 g/mol. The SMILES string of the molecule is Cc1c(CNCCc2ccc(F)cc2)cc(C#N)n1C. The average Bonchev–Trinajstić information content (AvgIpc) is 2.73. The zero-order chi connectivity index (χ0) is 14.5. The number of hydrogen-bond acceptors (Lipinski definition) is 2. The summed E-state index contributed by atoms with van der Waals surface area (Å²) in [6, 6.07) is 10.7. The van der Waals surface area contributed by atoms with Gasteiger partial charge in [0.1, 0.15) is 17.6 Å². The summed E-state index contributed by atoms with van der Waals surface area (Å²) in [6.45, 7) is 3.57. The van der Waals surface area contributed by atoms with Gasteiger partial charge in [-0.2, -0.15) is 5.26 Å². The van der Waals surface area contributed by atoms with Crippen molar-refractivity contribution in [1.82, 2.24) is 9.88 Å². The molecule has 0 bridgehead atoms. The fraction of sp³-hybridized carbons (Fsp3) is 0.312. The van der Waals surface area contributed by atoms with Crippen molar-refractivity contribution in [3.8, 4) is 6.07 Å². The van der Waals surface area contributed by atoms with Crippen molar-refractivity contribution in [3.63, 3.8) is 0 Å². The van der Waals surface area contributed by atoms with E-state index < -0.39 is 0 Å². The highest BCUT2D eigenvalue weighted by molar-refractivity contribution is 5.34. The lowest BCUT2D eigenvalue weighted by molar-refractivity contribution is 0.626. The maximum atomic E-state index is 12.8. The van der Waals surface area contributed by atoms with E-state index in [-0.39, 0.29) is 5.82 Å². The Kier molecular flexibility index (Phi) is 4.54. The molecule has 0 spiro atoms. The normalized spacial score (nSPS) is 10.5. The smallest absolute Gasteiger partial charge is 0.123 e. The first kappa shape index (κ1) is 14.3. The van der Waals surface area contributed by atoms with E-state index in [1.165, 1.54) is 12.1 Å². The van der Waals surface area contributed by atoms with Crippen molar-refractivity contribution in [2.75, 3.05) is 6.54 Å². The molecule has 1 aromatic heterocycles. The molecule has 0 saturated carbocycles. The van der Waals surface area contributed by atoms with Gasteiger partial charge in [0, 0.05) is 19.3 Å². The van der Waals surface area contributed by atoms with Crippen molar-refractivity contribution in [1.29, 1.82) is 5.26 Å². The van der Waals surface area contributed by atoms with E-state index in [9.17, 15) is 4.39 Å². The molecular weight excluding hydrogens is 253 g/mol. The Hall–Kier alpha value is -2.12. The lowest BCUT2D eigenvalue weighted by Crippen LogP contribution is -2.17. The molecular formula is C16H18FN3. The van der Waals surface area contributed by atoms with E-state index in [0.29, 0.717) is 5.69 Å². The number of nitriles is 1. The van der Waals surface area contributed by atoms with Crippen LogP contribution in [0.2, 0.25) is 0 Å². The Bertz CT molecular complexity index is 620. The number of nitrogens with one attached hydrogen (secondary N) is 1. The zero-order valence-electron chi connectivity index (χ0n) is 11.8. The Morgan fingerprint density at radius 1 is 1.30 bits per heavy atom. The van der Waals surface area contributed by atoms with E-state index >= 15 is 0 Å². The van der Waals surface area contributed by atoms with Crippen LogP contribution in [0.15, 0.2) is 30.3 Å². The first-order valence-corrected chi connectivity index (χ1v) is 6.62. The van der Waals surface area contributed by atoms with E-state index in [1.807, 2.05) is 24.6 Å². The number of hydrogen-bond donors (Lipinski definition) is 1. The topological polar surface area (TPSA) is 40.8 Å². The molecule has 1 aromatic carbocycles. The molecule has 2 aromatic rings. The molecule has 0 fully saturated rings. The minimum atomic E-state index is -0.203. The molecule has 1 N–H and O–H groups in total. The van der Waals surface area contributed by atoms with Gasteiger partial charge in [0.05, 0.1) is 0 Å². The van der Waals surface area contributed by atoms with Gasteiger partial charge in [-0.15, -0.1) is 0 Å². The van der Waals surface area contributed by atoms with Crippen molar-refractivity contribution in [3.05, 3.63) is 58.7 Å². The number of nitrogens with zero attached hydrogens (tertiary/aromatic N) is 2. The van der Waals surface area contributed by atoms with Crippen LogP contribution in [-0.4, -0.2) is 11.1 Å². The Balaban J connectivity index is 1.85. The first-order valence-electron chi connectivity index (χ1n) is 6.62. The van der Waals surface area contributed by atoms with E-state index in [0.717, 1.165) is 36.3 Å². The van der Waals surface area contributed by atoms with Crippen LogP contribution in [0.1, 0.15) is 22.5 Å². The minimum Gasteiger partial charge on any atom is -0.340 e. The van der Waals surface area contributed by atoms with E-state index in [2.05, 4.69) is 11.4 Å². The van der Waals surface area contributed by atoms with Crippen LogP contribution >= 0.6 is 0 Å². The third kappa shape index (κ3) is 3.25. The first-order chi connectivity index (χ1) is 9.61. The second-order valence-corrected chi connectivity index (χ2v) is 4.86. The van der Waals surface area contributed by atoms with Crippen LogP contribution in [-0.2, 0) is 20.0 Å². The van der Waals surface area contributed by atoms with Gasteiger partial charge >= 0.3 is 0 Å². The highest BCUT2D eigenvalue weighted by Crippen LogP contribution is 2.13. The lowest BCUT2D eigenvalue weighted by atomic mass is 10.1. The maximum absolute atomic E-state index is 12.8. The fourth-order valence-electron chi connectivity index (χ4n) is 2.16. The van der Waals surface area contributed by atoms with Gasteiger partial charge in [-0.05, 0) is 49.2 Å². The second-order valence-electron chi connectivity index (χ2n) is 4.86. The third-order valence-electron chi connectivity index (χ3n) is 3.57. The summed E-state index contributed by atoms with van der Waals surface area (Å²) in [5, 5.41) is 12.3. The van der Waals surface area contributed by atoms with Crippen LogP contribution in [0.25, 0.3) is 0 Å².